The molecule has 0 spiro atoms. The number of aromatic nitrogens is 1. The molecule has 7 nitrogen and oxygen atoms in total. The molecular formula is C28H29ClN4O3. The number of anilines is 1. The van der Waals surface area contributed by atoms with E-state index in [1.165, 1.54) is 5.56 Å². The molecule has 0 radical (unpaired) electrons. The molecule has 0 bridgehead atoms. The number of aromatic amines is 1. The van der Waals surface area contributed by atoms with Gasteiger partial charge in [-0.3, -0.25) is 9.59 Å². The van der Waals surface area contributed by atoms with Gasteiger partial charge in [0.2, 0.25) is 11.8 Å². The van der Waals surface area contributed by atoms with Gasteiger partial charge in [0, 0.05) is 35.8 Å². The number of carbonyl (C=O) groups is 2. The second-order valence-corrected chi connectivity index (χ2v) is 8.75. The largest absolute Gasteiger partial charge is 0.497 e. The van der Waals surface area contributed by atoms with Crippen LogP contribution in [0.3, 0.4) is 0 Å². The second kappa shape index (κ2) is 11.3. The standard InChI is InChI=1S/C28H28N4O3.ClH/c1-35-22-12-10-21(11-13-22)31-28(34)26(15-20-17-29-24-9-5-4-8-23(20)24)32-27(33)25-14-18-6-2-3-7-19(18)16-30-25;/h2-13,17,25-26,29-30H,14-16H2,1H3,(H,31,34)(H,32,33);1H. The van der Waals surface area contributed by atoms with Gasteiger partial charge in [-0.25, -0.2) is 0 Å². The third-order valence-corrected chi connectivity index (χ3v) is 6.49. The average molecular weight is 505 g/mol. The zero-order valence-electron chi connectivity index (χ0n) is 19.9. The number of fused-ring (bicyclic) bond motifs is 2. The molecule has 2 heterocycles. The van der Waals surface area contributed by atoms with E-state index in [0.717, 1.165) is 22.0 Å². The van der Waals surface area contributed by atoms with Gasteiger partial charge in [-0.2, -0.15) is 0 Å². The van der Waals surface area contributed by atoms with Crippen molar-refractivity contribution in [2.45, 2.75) is 31.5 Å². The summed E-state index contributed by atoms with van der Waals surface area (Å²) in [4.78, 5) is 29.9. The van der Waals surface area contributed by atoms with E-state index in [2.05, 4.69) is 33.1 Å². The fraction of sp³-hybridized carbons (Fsp3) is 0.214. The van der Waals surface area contributed by atoms with E-state index in [4.69, 9.17) is 4.74 Å². The molecule has 2 atom stereocenters. The van der Waals surface area contributed by atoms with E-state index < -0.39 is 12.1 Å². The van der Waals surface area contributed by atoms with Gasteiger partial charge in [0.15, 0.2) is 0 Å². The van der Waals surface area contributed by atoms with E-state index in [0.29, 0.717) is 30.8 Å². The van der Waals surface area contributed by atoms with Gasteiger partial charge in [-0.15, -0.1) is 12.4 Å². The molecule has 36 heavy (non-hydrogen) atoms. The van der Waals surface area contributed by atoms with Crippen LogP contribution in [0.1, 0.15) is 16.7 Å². The third-order valence-electron chi connectivity index (χ3n) is 6.49. The SMILES string of the molecule is COc1ccc(NC(=O)C(Cc2c[nH]c3ccccc23)NC(=O)C2Cc3ccccc3CN2)cc1.Cl. The Kier molecular flexibility index (Phi) is 7.93. The molecule has 1 aliphatic heterocycles. The van der Waals surface area contributed by atoms with Gasteiger partial charge >= 0.3 is 0 Å². The van der Waals surface area contributed by atoms with Crippen LogP contribution in [0.15, 0.2) is 79.0 Å². The summed E-state index contributed by atoms with van der Waals surface area (Å²) in [5, 5.41) is 10.3. The molecule has 2 unspecified atom stereocenters. The maximum atomic E-state index is 13.4. The first-order valence-electron chi connectivity index (χ1n) is 11.7. The van der Waals surface area contributed by atoms with Crippen LogP contribution in [0.25, 0.3) is 10.9 Å². The molecule has 8 heteroatoms. The lowest BCUT2D eigenvalue weighted by Gasteiger charge is -2.27. The predicted molar refractivity (Wildman–Crippen MR) is 144 cm³/mol. The normalized spacial score (nSPS) is 15.3. The summed E-state index contributed by atoms with van der Waals surface area (Å²) in [6.45, 7) is 0.624. The molecule has 1 aromatic heterocycles. The van der Waals surface area contributed by atoms with Gasteiger partial charge in [-0.05, 0) is 53.4 Å². The Bertz CT molecular complexity index is 1350. The van der Waals surface area contributed by atoms with Crippen molar-refractivity contribution in [3.63, 3.8) is 0 Å². The lowest BCUT2D eigenvalue weighted by Crippen LogP contribution is -2.53. The predicted octanol–water partition coefficient (Wildman–Crippen LogP) is 3.98. The number of carbonyl (C=O) groups excluding carboxylic acids is 2. The summed E-state index contributed by atoms with van der Waals surface area (Å²) in [6, 6.07) is 22.0. The molecular weight excluding hydrogens is 476 g/mol. The van der Waals surface area contributed by atoms with Gasteiger partial charge in [0.1, 0.15) is 11.8 Å². The zero-order valence-corrected chi connectivity index (χ0v) is 20.7. The van der Waals surface area contributed by atoms with Crippen molar-refractivity contribution in [2.24, 2.45) is 0 Å². The van der Waals surface area contributed by atoms with E-state index in [1.807, 2.05) is 42.6 Å². The number of nitrogens with one attached hydrogen (secondary N) is 4. The number of para-hydroxylation sites is 1. The number of H-pyrrole nitrogens is 1. The van der Waals surface area contributed by atoms with E-state index >= 15 is 0 Å². The van der Waals surface area contributed by atoms with Crippen LogP contribution in [0, 0.1) is 0 Å². The minimum atomic E-state index is -0.747. The van der Waals surface area contributed by atoms with Crippen LogP contribution in [-0.4, -0.2) is 36.0 Å². The molecule has 0 saturated carbocycles. The highest BCUT2D eigenvalue weighted by Crippen LogP contribution is 2.21. The Morgan fingerprint density at radius 2 is 1.72 bits per heavy atom. The maximum absolute atomic E-state index is 13.4. The summed E-state index contributed by atoms with van der Waals surface area (Å²) < 4.78 is 5.20. The van der Waals surface area contributed by atoms with Gasteiger partial charge in [0.25, 0.3) is 0 Å². The average Bonchev–Trinajstić information content (AvgIpc) is 3.31. The highest BCUT2D eigenvalue weighted by atomic mass is 35.5. The summed E-state index contributed by atoms with van der Waals surface area (Å²) in [6.07, 6.45) is 2.85. The number of hydrogen-bond acceptors (Lipinski definition) is 4. The van der Waals surface area contributed by atoms with Crippen LogP contribution in [-0.2, 0) is 29.0 Å². The fourth-order valence-electron chi connectivity index (χ4n) is 4.55. The Hall–Kier alpha value is -3.81. The highest BCUT2D eigenvalue weighted by Gasteiger charge is 2.29. The molecule has 4 N–H and O–H groups in total. The van der Waals surface area contributed by atoms with Crippen molar-refractivity contribution >= 4 is 40.8 Å². The molecule has 186 valence electrons. The van der Waals surface area contributed by atoms with Gasteiger partial charge in [-0.1, -0.05) is 42.5 Å². The van der Waals surface area contributed by atoms with Crippen LogP contribution >= 0.6 is 12.4 Å². The van der Waals surface area contributed by atoms with Crippen LogP contribution in [0.4, 0.5) is 5.69 Å². The number of hydrogen-bond donors (Lipinski definition) is 4. The van der Waals surface area contributed by atoms with Crippen LogP contribution in [0.2, 0.25) is 0 Å². The smallest absolute Gasteiger partial charge is 0.247 e. The Labute approximate surface area is 216 Å². The number of methoxy groups -OCH3 is 1. The first kappa shape index (κ1) is 25.3. The Morgan fingerprint density at radius 3 is 2.50 bits per heavy atom. The quantitative estimate of drug-likeness (QED) is 0.306. The van der Waals surface area contributed by atoms with E-state index in [9.17, 15) is 9.59 Å². The van der Waals surface area contributed by atoms with Crippen LogP contribution in [0.5, 0.6) is 5.75 Å². The lowest BCUT2D eigenvalue weighted by molar-refractivity contribution is -0.128. The third kappa shape index (κ3) is 5.53. The number of ether oxygens (including phenoxy) is 1. The first-order valence-corrected chi connectivity index (χ1v) is 11.7. The maximum Gasteiger partial charge on any atom is 0.247 e. The molecule has 4 aromatic rings. The molecule has 0 saturated heterocycles. The monoisotopic (exact) mass is 504 g/mol. The van der Waals surface area contributed by atoms with Crippen molar-refractivity contribution in [3.8, 4) is 5.75 Å². The minimum absolute atomic E-state index is 0. The van der Waals surface area contributed by atoms with Gasteiger partial charge in [0.05, 0.1) is 13.2 Å². The molecule has 0 fully saturated rings. The summed E-state index contributed by atoms with van der Waals surface area (Å²) in [5.74, 6) is 0.245. The molecule has 5 rings (SSSR count). The van der Waals surface area contributed by atoms with Crippen molar-refractivity contribution in [1.29, 1.82) is 0 Å². The summed E-state index contributed by atoms with van der Waals surface area (Å²) >= 11 is 0. The minimum Gasteiger partial charge on any atom is -0.497 e. The summed E-state index contributed by atoms with van der Waals surface area (Å²) in [5.41, 5.74) is 4.96. The van der Waals surface area contributed by atoms with Gasteiger partial charge < -0.3 is 25.7 Å². The molecule has 3 aromatic carbocycles. The number of halogens is 1. The van der Waals surface area contributed by atoms with Crippen LogP contribution < -0.4 is 20.7 Å². The number of rotatable bonds is 7. The van der Waals surface area contributed by atoms with Crippen molar-refractivity contribution in [3.05, 3.63) is 95.7 Å². The fourth-order valence-corrected chi connectivity index (χ4v) is 4.55. The Morgan fingerprint density at radius 1 is 1.00 bits per heavy atom. The molecule has 1 aliphatic rings. The number of benzene rings is 3. The number of amides is 2. The van der Waals surface area contributed by atoms with Crippen molar-refractivity contribution < 1.29 is 14.3 Å². The lowest BCUT2D eigenvalue weighted by atomic mass is 9.95. The zero-order chi connectivity index (χ0) is 24.2. The van der Waals surface area contributed by atoms with Crippen molar-refractivity contribution in [2.75, 3.05) is 12.4 Å². The second-order valence-electron chi connectivity index (χ2n) is 8.75. The summed E-state index contributed by atoms with van der Waals surface area (Å²) in [7, 11) is 1.60. The van der Waals surface area contributed by atoms with E-state index in [-0.39, 0.29) is 24.2 Å². The topological polar surface area (TPSA) is 95.2 Å². The Balaban J connectivity index is 0.00000304. The highest BCUT2D eigenvalue weighted by molar-refractivity contribution is 5.98. The van der Waals surface area contributed by atoms with Crippen molar-refractivity contribution in [1.82, 2.24) is 15.6 Å². The first-order chi connectivity index (χ1) is 17.1. The van der Waals surface area contributed by atoms with E-state index in [1.54, 1.807) is 31.4 Å². The molecule has 0 aliphatic carbocycles. The molecule has 2 amide bonds.